The predicted molar refractivity (Wildman–Crippen MR) is 101 cm³/mol. The van der Waals surface area contributed by atoms with Crippen molar-refractivity contribution in [3.05, 3.63) is 30.3 Å². The fourth-order valence-corrected chi connectivity index (χ4v) is 4.91. The number of hydrogen-bond donors (Lipinski definition) is 1. The third kappa shape index (κ3) is 5.44. The minimum Gasteiger partial charge on any atom is -0.375 e. The Kier molecular flexibility index (Phi) is 7.25. The summed E-state index contributed by atoms with van der Waals surface area (Å²) in [7, 11) is -1.30. The summed E-state index contributed by atoms with van der Waals surface area (Å²) < 4.78 is 25.9. The highest BCUT2D eigenvalue weighted by atomic mass is 32.2. The van der Waals surface area contributed by atoms with Crippen molar-refractivity contribution in [3.8, 4) is 0 Å². The largest absolute Gasteiger partial charge is 0.375 e. The first-order valence-electron chi connectivity index (χ1n) is 8.99. The number of sulfonamides is 1. The van der Waals surface area contributed by atoms with Gasteiger partial charge >= 0.3 is 0 Å². The molecule has 0 radical (unpaired) electrons. The second-order valence-corrected chi connectivity index (χ2v) is 8.53. The van der Waals surface area contributed by atoms with Crippen molar-refractivity contribution in [2.45, 2.75) is 38.6 Å². The molecule has 1 aromatic carbocycles. The Morgan fingerprint density at radius 1 is 1.32 bits per heavy atom. The number of para-hydroxylation sites is 1. The normalized spacial score (nSPS) is 18.2. The molecular formula is C18H29N3O3S. The smallest absolute Gasteiger partial charge is 0.238 e. The lowest BCUT2D eigenvalue weighted by Gasteiger charge is -2.23. The molecule has 0 aliphatic carbocycles. The first-order chi connectivity index (χ1) is 12.0. The summed E-state index contributed by atoms with van der Waals surface area (Å²) in [5.74, 6) is -0.0573. The van der Waals surface area contributed by atoms with E-state index in [0.717, 1.165) is 25.1 Å². The Labute approximate surface area is 151 Å². The summed E-state index contributed by atoms with van der Waals surface area (Å²) in [5.41, 5.74) is 1.14. The van der Waals surface area contributed by atoms with Crippen molar-refractivity contribution in [2.24, 2.45) is 0 Å². The van der Waals surface area contributed by atoms with E-state index in [1.807, 2.05) is 44.3 Å². The van der Waals surface area contributed by atoms with Gasteiger partial charge in [0.1, 0.15) is 6.04 Å². The minimum atomic E-state index is -3.32. The second kappa shape index (κ2) is 9.20. The Bertz CT molecular complexity index is 649. The average molecular weight is 368 g/mol. The molecule has 7 heteroatoms. The van der Waals surface area contributed by atoms with Gasteiger partial charge in [-0.05, 0) is 37.8 Å². The molecular weight excluding hydrogens is 338 g/mol. The fourth-order valence-electron chi connectivity index (χ4n) is 3.17. The molecule has 25 heavy (non-hydrogen) atoms. The number of carbonyl (C=O) groups is 1. The van der Waals surface area contributed by atoms with E-state index in [4.69, 9.17) is 0 Å². The zero-order chi connectivity index (χ0) is 18.3. The van der Waals surface area contributed by atoms with Gasteiger partial charge in [0.05, 0.1) is 5.75 Å². The number of amides is 1. The zero-order valence-electron chi connectivity index (χ0n) is 15.1. The van der Waals surface area contributed by atoms with Crippen LogP contribution in [0.5, 0.6) is 0 Å². The maximum Gasteiger partial charge on any atom is 0.238 e. The molecule has 0 aromatic heterocycles. The van der Waals surface area contributed by atoms with Gasteiger partial charge in [0.25, 0.3) is 0 Å². The molecule has 0 saturated carbocycles. The van der Waals surface area contributed by atoms with Crippen LogP contribution in [0, 0.1) is 0 Å². The zero-order valence-corrected chi connectivity index (χ0v) is 16.0. The first-order valence-corrected chi connectivity index (χ1v) is 10.6. The maximum absolute atomic E-state index is 12.4. The number of rotatable bonds is 9. The average Bonchev–Trinajstić information content (AvgIpc) is 3.10. The first kappa shape index (κ1) is 19.7. The predicted octanol–water partition coefficient (Wildman–Crippen LogP) is 1.83. The van der Waals surface area contributed by atoms with Gasteiger partial charge < -0.3 is 10.2 Å². The van der Waals surface area contributed by atoms with Crippen LogP contribution in [-0.4, -0.2) is 57.1 Å². The molecule has 6 nitrogen and oxygen atoms in total. The van der Waals surface area contributed by atoms with E-state index < -0.39 is 16.1 Å². The van der Waals surface area contributed by atoms with Gasteiger partial charge in [0.15, 0.2) is 0 Å². The van der Waals surface area contributed by atoms with Crippen LogP contribution in [0.1, 0.15) is 32.6 Å². The van der Waals surface area contributed by atoms with E-state index in [1.54, 1.807) is 0 Å². The lowest BCUT2D eigenvalue weighted by molar-refractivity contribution is -0.124. The van der Waals surface area contributed by atoms with Crippen molar-refractivity contribution in [3.63, 3.8) is 0 Å². The summed E-state index contributed by atoms with van der Waals surface area (Å²) in [5, 5.41) is 2.90. The van der Waals surface area contributed by atoms with Crippen LogP contribution in [-0.2, 0) is 14.8 Å². The van der Waals surface area contributed by atoms with Gasteiger partial charge in [0, 0.05) is 32.4 Å². The van der Waals surface area contributed by atoms with Gasteiger partial charge in [-0.2, -0.15) is 4.31 Å². The standard InChI is InChI=1S/C18H29N3O3S/c1-3-15-25(23,24)21-14-7-11-17(21)18(22)19-12-8-13-20(2)16-9-5-4-6-10-16/h4-6,9-10,17H,3,7-8,11-15H2,1-2H3,(H,19,22). The summed E-state index contributed by atoms with van der Waals surface area (Å²) in [4.78, 5) is 14.5. The van der Waals surface area contributed by atoms with Crippen LogP contribution in [0.3, 0.4) is 0 Å². The fraction of sp³-hybridized carbons (Fsp3) is 0.611. The van der Waals surface area contributed by atoms with Crippen LogP contribution in [0.25, 0.3) is 0 Å². The molecule has 1 heterocycles. The van der Waals surface area contributed by atoms with Gasteiger partial charge in [-0.3, -0.25) is 4.79 Å². The molecule has 1 atom stereocenters. The third-order valence-corrected chi connectivity index (χ3v) is 6.57. The summed E-state index contributed by atoms with van der Waals surface area (Å²) >= 11 is 0. The molecule has 1 fully saturated rings. The Hall–Kier alpha value is -1.60. The summed E-state index contributed by atoms with van der Waals surface area (Å²) in [6.45, 7) is 3.67. The lowest BCUT2D eigenvalue weighted by Crippen LogP contribution is -2.47. The van der Waals surface area contributed by atoms with E-state index in [9.17, 15) is 13.2 Å². The number of anilines is 1. The van der Waals surface area contributed by atoms with E-state index in [2.05, 4.69) is 10.2 Å². The molecule has 0 spiro atoms. The second-order valence-electron chi connectivity index (χ2n) is 6.49. The lowest BCUT2D eigenvalue weighted by atomic mass is 10.2. The molecule has 140 valence electrons. The summed E-state index contributed by atoms with van der Waals surface area (Å²) in [6.07, 6.45) is 2.74. The molecule has 1 amide bonds. The van der Waals surface area contributed by atoms with Gasteiger partial charge in [-0.1, -0.05) is 25.1 Å². The molecule has 1 unspecified atom stereocenters. The molecule has 1 aromatic rings. The number of benzene rings is 1. The highest BCUT2D eigenvalue weighted by molar-refractivity contribution is 7.89. The molecule has 1 aliphatic heterocycles. The van der Waals surface area contributed by atoms with E-state index in [0.29, 0.717) is 25.9 Å². The number of carbonyl (C=O) groups excluding carboxylic acids is 1. The van der Waals surface area contributed by atoms with Crippen molar-refractivity contribution in [1.29, 1.82) is 0 Å². The Morgan fingerprint density at radius 3 is 2.72 bits per heavy atom. The van der Waals surface area contributed by atoms with Gasteiger partial charge in [-0.15, -0.1) is 0 Å². The van der Waals surface area contributed by atoms with Crippen molar-refractivity contribution < 1.29 is 13.2 Å². The quantitative estimate of drug-likeness (QED) is 0.676. The third-order valence-electron chi connectivity index (χ3n) is 4.49. The van der Waals surface area contributed by atoms with E-state index >= 15 is 0 Å². The molecule has 0 bridgehead atoms. The Morgan fingerprint density at radius 2 is 2.04 bits per heavy atom. The maximum atomic E-state index is 12.4. The molecule has 1 aliphatic rings. The van der Waals surface area contributed by atoms with Crippen molar-refractivity contribution >= 4 is 21.6 Å². The van der Waals surface area contributed by atoms with Crippen LogP contribution >= 0.6 is 0 Å². The van der Waals surface area contributed by atoms with Crippen molar-refractivity contribution in [2.75, 3.05) is 37.3 Å². The van der Waals surface area contributed by atoms with E-state index in [-0.39, 0.29) is 11.7 Å². The van der Waals surface area contributed by atoms with Crippen LogP contribution in [0.4, 0.5) is 5.69 Å². The van der Waals surface area contributed by atoms with E-state index in [1.165, 1.54) is 4.31 Å². The highest BCUT2D eigenvalue weighted by Crippen LogP contribution is 2.22. The van der Waals surface area contributed by atoms with Gasteiger partial charge in [-0.25, -0.2) is 8.42 Å². The van der Waals surface area contributed by atoms with Crippen LogP contribution in [0.15, 0.2) is 30.3 Å². The highest BCUT2D eigenvalue weighted by Gasteiger charge is 2.37. The summed E-state index contributed by atoms with van der Waals surface area (Å²) in [6, 6.07) is 9.54. The van der Waals surface area contributed by atoms with Gasteiger partial charge in [0.2, 0.25) is 15.9 Å². The van der Waals surface area contributed by atoms with Crippen LogP contribution in [0.2, 0.25) is 0 Å². The minimum absolute atomic E-state index is 0.110. The monoisotopic (exact) mass is 367 g/mol. The number of nitrogens with zero attached hydrogens (tertiary/aromatic N) is 2. The van der Waals surface area contributed by atoms with Crippen LogP contribution < -0.4 is 10.2 Å². The number of nitrogens with one attached hydrogen (secondary N) is 1. The SMILES string of the molecule is CCCS(=O)(=O)N1CCCC1C(=O)NCCCN(C)c1ccccc1. The topological polar surface area (TPSA) is 69.7 Å². The number of hydrogen-bond acceptors (Lipinski definition) is 4. The molecule has 1 N–H and O–H groups in total. The molecule has 2 rings (SSSR count). The van der Waals surface area contributed by atoms with Crippen molar-refractivity contribution in [1.82, 2.24) is 9.62 Å². The Balaban J connectivity index is 1.78. The molecule has 1 saturated heterocycles.